The van der Waals surface area contributed by atoms with Gasteiger partial charge in [0, 0.05) is 27.7 Å². The van der Waals surface area contributed by atoms with E-state index in [0.29, 0.717) is 15.5 Å². The zero-order chi connectivity index (χ0) is 22.2. The average Bonchev–Trinajstić information content (AvgIpc) is 2.87. The van der Waals surface area contributed by atoms with Gasteiger partial charge in [-0.05, 0) is 25.1 Å². The third-order valence-corrected chi connectivity index (χ3v) is 5.36. The Hall–Kier alpha value is -2.88. The van der Waals surface area contributed by atoms with Gasteiger partial charge in [-0.3, -0.25) is 24.6 Å². The SMILES string of the molecule is CC1(c2ccc(Cl)cc2Cl)NC(=O)N(CC(=O)Nc2cc([N+](=O)[O-])ccc2Cl)C1=O. The quantitative estimate of drug-likeness (QED) is 0.388. The number of hydrogen-bond donors (Lipinski definition) is 2. The van der Waals surface area contributed by atoms with Crippen LogP contribution in [0.4, 0.5) is 16.2 Å². The maximum absolute atomic E-state index is 12.9. The Balaban J connectivity index is 1.80. The number of non-ortho nitro benzene ring substituents is 1. The highest BCUT2D eigenvalue weighted by molar-refractivity contribution is 6.35. The molecular weight excluding hydrogens is 459 g/mol. The third kappa shape index (κ3) is 4.04. The Morgan fingerprint density at radius 1 is 1.17 bits per heavy atom. The van der Waals surface area contributed by atoms with Gasteiger partial charge in [0.25, 0.3) is 11.6 Å². The summed E-state index contributed by atoms with van der Waals surface area (Å²) in [6.07, 6.45) is 0. The van der Waals surface area contributed by atoms with Crippen LogP contribution >= 0.6 is 34.8 Å². The van der Waals surface area contributed by atoms with Crippen molar-refractivity contribution in [3.8, 4) is 0 Å². The van der Waals surface area contributed by atoms with Crippen LogP contribution in [0.15, 0.2) is 36.4 Å². The zero-order valence-corrected chi connectivity index (χ0v) is 17.5. The van der Waals surface area contributed by atoms with Crippen molar-refractivity contribution in [3.63, 3.8) is 0 Å². The Morgan fingerprint density at radius 2 is 1.87 bits per heavy atom. The first kappa shape index (κ1) is 21.8. The molecule has 1 saturated heterocycles. The van der Waals surface area contributed by atoms with Crippen molar-refractivity contribution in [1.82, 2.24) is 10.2 Å². The second-order valence-electron chi connectivity index (χ2n) is 6.54. The second-order valence-corrected chi connectivity index (χ2v) is 7.79. The average molecular weight is 472 g/mol. The van der Waals surface area contributed by atoms with Crippen molar-refractivity contribution >= 4 is 64.0 Å². The maximum atomic E-state index is 12.9. The lowest BCUT2D eigenvalue weighted by Gasteiger charge is -2.23. The Labute approximate surface area is 185 Å². The molecule has 2 aromatic carbocycles. The third-order valence-electron chi connectivity index (χ3n) is 4.48. The molecular formula is C18H13Cl3N4O5. The fourth-order valence-corrected chi connectivity index (χ4v) is 3.74. The number of nitro benzene ring substituents is 1. The normalized spacial score (nSPS) is 18.3. The van der Waals surface area contributed by atoms with Gasteiger partial charge in [0.1, 0.15) is 12.1 Å². The fraction of sp³-hybridized carbons (Fsp3) is 0.167. The number of nitro groups is 1. The predicted molar refractivity (Wildman–Crippen MR) is 111 cm³/mol. The lowest BCUT2D eigenvalue weighted by molar-refractivity contribution is -0.384. The smallest absolute Gasteiger partial charge is 0.323 e. The van der Waals surface area contributed by atoms with Gasteiger partial charge in [-0.1, -0.05) is 40.9 Å². The number of halogens is 3. The Bertz CT molecular complexity index is 1090. The van der Waals surface area contributed by atoms with E-state index in [1.807, 2.05) is 0 Å². The summed E-state index contributed by atoms with van der Waals surface area (Å²) < 4.78 is 0. The topological polar surface area (TPSA) is 122 Å². The minimum absolute atomic E-state index is 0.0218. The van der Waals surface area contributed by atoms with Crippen LogP contribution in [0.1, 0.15) is 12.5 Å². The number of carbonyl (C=O) groups excluding carboxylic acids is 3. The van der Waals surface area contributed by atoms with Gasteiger partial charge in [0.2, 0.25) is 5.91 Å². The Kier molecular flexibility index (Phi) is 5.89. The number of carbonyl (C=O) groups is 3. The van der Waals surface area contributed by atoms with E-state index in [1.54, 1.807) is 0 Å². The zero-order valence-electron chi connectivity index (χ0n) is 15.2. The fourth-order valence-electron chi connectivity index (χ4n) is 2.97. The number of benzene rings is 2. The van der Waals surface area contributed by atoms with Gasteiger partial charge in [-0.15, -0.1) is 0 Å². The van der Waals surface area contributed by atoms with E-state index < -0.39 is 34.9 Å². The minimum Gasteiger partial charge on any atom is -0.323 e. The first-order valence-electron chi connectivity index (χ1n) is 8.36. The summed E-state index contributed by atoms with van der Waals surface area (Å²) in [7, 11) is 0. The molecule has 0 aliphatic carbocycles. The lowest BCUT2D eigenvalue weighted by atomic mass is 9.92. The van der Waals surface area contributed by atoms with Gasteiger partial charge in [-0.2, -0.15) is 0 Å². The van der Waals surface area contributed by atoms with E-state index in [4.69, 9.17) is 34.8 Å². The van der Waals surface area contributed by atoms with Crippen LogP contribution in [0.2, 0.25) is 15.1 Å². The van der Waals surface area contributed by atoms with Gasteiger partial charge in [-0.25, -0.2) is 4.79 Å². The van der Waals surface area contributed by atoms with Crippen molar-refractivity contribution in [2.75, 3.05) is 11.9 Å². The molecule has 30 heavy (non-hydrogen) atoms. The summed E-state index contributed by atoms with van der Waals surface area (Å²) in [6, 6.07) is 7.17. The number of amides is 4. The number of hydrogen-bond acceptors (Lipinski definition) is 5. The molecule has 156 valence electrons. The van der Waals surface area contributed by atoms with Crippen LogP contribution in [-0.4, -0.2) is 34.2 Å². The summed E-state index contributed by atoms with van der Waals surface area (Å²) in [6.45, 7) is 0.822. The van der Waals surface area contributed by atoms with Gasteiger partial charge >= 0.3 is 6.03 Å². The highest BCUT2D eigenvalue weighted by Gasteiger charge is 2.50. The number of nitrogens with zero attached hydrogens (tertiary/aromatic N) is 2. The maximum Gasteiger partial charge on any atom is 0.325 e. The highest BCUT2D eigenvalue weighted by atomic mass is 35.5. The lowest BCUT2D eigenvalue weighted by Crippen LogP contribution is -2.42. The van der Waals surface area contributed by atoms with Gasteiger partial charge in [0.05, 0.1) is 15.6 Å². The molecule has 0 spiro atoms. The van der Waals surface area contributed by atoms with E-state index in [2.05, 4.69) is 10.6 Å². The van der Waals surface area contributed by atoms with Crippen molar-refractivity contribution in [2.45, 2.75) is 12.5 Å². The molecule has 1 unspecified atom stereocenters. The molecule has 0 radical (unpaired) electrons. The molecule has 2 aromatic rings. The van der Waals surface area contributed by atoms with Crippen molar-refractivity contribution in [3.05, 3.63) is 67.1 Å². The minimum atomic E-state index is -1.50. The van der Waals surface area contributed by atoms with E-state index in [0.717, 1.165) is 6.07 Å². The molecule has 2 N–H and O–H groups in total. The van der Waals surface area contributed by atoms with Crippen molar-refractivity contribution in [2.24, 2.45) is 0 Å². The van der Waals surface area contributed by atoms with E-state index in [-0.39, 0.29) is 21.4 Å². The highest BCUT2D eigenvalue weighted by Crippen LogP contribution is 2.35. The molecule has 1 aliphatic heterocycles. The number of urea groups is 1. The molecule has 1 fully saturated rings. The van der Waals surface area contributed by atoms with Crippen molar-refractivity contribution in [1.29, 1.82) is 0 Å². The molecule has 1 atom stereocenters. The van der Waals surface area contributed by atoms with Gasteiger partial charge < -0.3 is 10.6 Å². The monoisotopic (exact) mass is 470 g/mol. The molecule has 9 nitrogen and oxygen atoms in total. The van der Waals surface area contributed by atoms with E-state index >= 15 is 0 Å². The van der Waals surface area contributed by atoms with E-state index in [9.17, 15) is 24.5 Å². The Morgan fingerprint density at radius 3 is 2.50 bits per heavy atom. The molecule has 3 rings (SSSR count). The number of anilines is 1. The van der Waals surface area contributed by atoms with Crippen LogP contribution < -0.4 is 10.6 Å². The summed E-state index contributed by atoms with van der Waals surface area (Å²) in [5, 5.41) is 16.4. The first-order chi connectivity index (χ1) is 14.0. The molecule has 4 amide bonds. The van der Waals surface area contributed by atoms with Crippen LogP contribution in [0.5, 0.6) is 0 Å². The molecule has 0 bridgehead atoms. The first-order valence-corrected chi connectivity index (χ1v) is 9.50. The van der Waals surface area contributed by atoms with Crippen LogP contribution in [0, 0.1) is 10.1 Å². The summed E-state index contributed by atoms with van der Waals surface area (Å²) in [5.41, 5.74) is -1.49. The second kappa shape index (κ2) is 8.10. The summed E-state index contributed by atoms with van der Waals surface area (Å²) in [4.78, 5) is 48.7. The molecule has 0 aromatic heterocycles. The summed E-state index contributed by atoms with van der Waals surface area (Å²) >= 11 is 18.0. The standard InChI is InChI=1S/C18H13Cl3N4O5/c1-18(11-4-2-9(19)6-13(11)21)16(27)24(17(28)23-18)8-15(26)22-14-7-10(25(29)30)3-5-12(14)20/h2-7H,8H2,1H3,(H,22,26)(H,23,28). The van der Waals surface area contributed by atoms with Gasteiger partial charge in [0.15, 0.2) is 0 Å². The largest absolute Gasteiger partial charge is 0.325 e. The molecule has 1 aliphatic rings. The van der Waals surface area contributed by atoms with E-state index in [1.165, 1.54) is 37.3 Å². The van der Waals surface area contributed by atoms with Crippen molar-refractivity contribution < 1.29 is 19.3 Å². The number of rotatable bonds is 5. The summed E-state index contributed by atoms with van der Waals surface area (Å²) in [5.74, 6) is -1.47. The molecule has 0 saturated carbocycles. The molecule has 12 heteroatoms. The number of nitrogens with one attached hydrogen (secondary N) is 2. The molecule has 1 heterocycles. The van der Waals surface area contributed by atoms with Crippen LogP contribution in [0.3, 0.4) is 0 Å². The number of imide groups is 1. The predicted octanol–water partition coefficient (Wildman–Crippen LogP) is 3.96. The van der Waals surface area contributed by atoms with Crippen LogP contribution in [0.25, 0.3) is 0 Å². The van der Waals surface area contributed by atoms with Crippen LogP contribution in [-0.2, 0) is 15.1 Å².